The first-order chi connectivity index (χ1) is 23.7. The summed E-state index contributed by atoms with van der Waals surface area (Å²) < 4.78 is 67.0. The van der Waals surface area contributed by atoms with Crippen LogP contribution < -0.4 is 26.8 Å². The summed E-state index contributed by atoms with van der Waals surface area (Å²) >= 11 is 0. The van der Waals surface area contributed by atoms with E-state index in [1.54, 1.807) is 66.7 Å². The van der Waals surface area contributed by atoms with Crippen LogP contribution in [0.15, 0.2) is 78.9 Å². The normalized spacial score (nSPS) is 12.9. The second-order valence-corrected chi connectivity index (χ2v) is 13.7. The van der Waals surface area contributed by atoms with Gasteiger partial charge in [0.05, 0.1) is 11.8 Å². The Morgan fingerprint density at radius 3 is 2.08 bits per heavy atom. The lowest BCUT2D eigenvalue weighted by molar-refractivity contribution is -0.173. The van der Waals surface area contributed by atoms with Crippen LogP contribution in [-0.2, 0) is 49.7 Å². The van der Waals surface area contributed by atoms with Gasteiger partial charge in [-0.2, -0.15) is 13.2 Å². The van der Waals surface area contributed by atoms with Crippen molar-refractivity contribution in [3.05, 3.63) is 107 Å². The van der Waals surface area contributed by atoms with Gasteiger partial charge in [0.15, 0.2) is 5.78 Å². The SMILES string of the molecule is N=C(N)c1ccc(CNC(=O)[C@@H](CC(=O)[C@@H](CCCCCN)NS(=O)(=O)Cc2ccccc2)Cc2cccc(CNC(=O)C(F)(F)F)c2)cc1. The number of alkyl halides is 3. The first-order valence-electron chi connectivity index (χ1n) is 16.1. The fourth-order valence-corrected chi connectivity index (χ4v) is 6.62. The molecule has 0 aliphatic rings. The lowest BCUT2D eigenvalue weighted by atomic mass is 9.89. The number of hydrogen-bond acceptors (Lipinski definition) is 7. The van der Waals surface area contributed by atoms with Crippen LogP contribution in [0, 0.1) is 11.3 Å². The number of Topliss-reactive ketones (excluding diaryl/α,β-unsaturated/α-hetero) is 1. The van der Waals surface area contributed by atoms with Crippen molar-refractivity contribution in [1.82, 2.24) is 15.4 Å². The highest BCUT2D eigenvalue weighted by Gasteiger charge is 2.38. The highest BCUT2D eigenvalue weighted by atomic mass is 32.2. The summed E-state index contributed by atoms with van der Waals surface area (Å²) in [7, 11) is -3.96. The molecule has 0 saturated heterocycles. The number of hydrogen-bond donors (Lipinski definition) is 6. The van der Waals surface area contributed by atoms with Crippen molar-refractivity contribution in [3.8, 4) is 0 Å². The van der Waals surface area contributed by atoms with E-state index in [1.807, 2.05) is 5.32 Å². The van der Waals surface area contributed by atoms with E-state index in [0.717, 1.165) is 0 Å². The van der Waals surface area contributed by atoms with Gasteiger partial charge in [0, 0.05) is 31.0 Å². The van der Waals surface area contributed by atoms with Crippen molar-refractivity contribution >= 4 is 33.5 Å². The van der Waals surface area contributed by atoms with Crippen LogP contribution in [0.2, 0.25) is 0 Å². The van der Waals surface area contributed by atoms with Crippen LogP contribution in [0.3, 0.4) is 0 Å². The van der Waals surface area contributed by atoms with Gasteiger partial charge in [-0.25, -0.2) is 13.1 Å². The topological polar surface area (TPSA) is 197 Å². The van der Waals surface area contributed by atoms with Gasteiger partial charge in [-0.1, -0.05) is 91.7 Å². The predicted octanol–water partition coefficient (Wildman–Crippen LogP) is 3.59. The van der Waals surface area contributed by atoms with Gasteiger partial charge in [-0.15, -0.1) is 0 Å². The van der Waals surface area contributed by atoms with E-state index in [0.29, 0.717) is 53.6 Å². The van der Waals surface area contributed by atoms with Crippen molar-refractivity contribution in [2.24, 2.45) is 17.4 Å². The Bertz CT molecular complexity index is 1700. The number of benzene rings is 3. The molecule has 0 fully saturated rings. The third kappa shape index (κ3) is 13.7. The summed E-state index contributed by atoms with van der Waals surface area (Å²) in [4.78, 5) is 38.8. The molecule has 0 unspecified atom stereocenters. The molecule has 0 heterocycles. The first kappa shape index (κ1) is 39.8. The van der Waals surface area contributed by atoms with Gasteiger partial charge in [0.2, 0.25) is 15.9 Å². The van der Waals surface area contributed by atoms with E-state index in [4.69, 9.17) is 16.9 Å². The summed E-state index contributed by atoms with van der Waals surface area (Å²) in [5.41, 5.74) is 13.7. The summed E-state index contributed by atoms with van der Waals surface area (Å²) in [6.07, 6.45) is -3.31. The number of carbonyl (C=O) groups is 3. The van der Waals surface area contributed by atoms with Crippen molar-refractivity contribution in [2.45, 2.75) is 69.6 Å². The number of nitrogens with one attached hydrogen (secondary N) is 4. The number of sulfonamides is 1. The lowest BCUT2D eigenvalue weighted by Crippen LogP contribution is -2.43. The Balaban J connectivity index is 1.83. The number of rotatable bonds is 20. The molecule has 0 aliphatic heterocycles. The summed E-state index contributed by atoms with van der Waals surface area (Å²) in [5, 5.41) is 12.2. The molecule has 0 bridgehead atoms. The minimum Gasteiger partial charge on any atom is -0.384 e. The number of unbranched alkanes of at least 4 members (excludes halogenated alkanes) is 2. The number of nitrogens with two attached hydrogens (primary N) is 2. The third-order valence-corrected chi connectivity index (χ3v) is 9.20. The van der Waals surface area contributed by atoms with Gasteiger partial charge < -0.3 is 22.1 Å². The number of ketones is 1. The maximum absolute atomic E-state index is 13.8. The van der Waals surface area contributed by atoms with Crippen LogP contribution >= 0.6 is 0 Å². The Labute approximate surface area is 290 Å². The zero-order chi connectivity index (χ0) is 36.7. The Hall–Kier alpha value is -4.60. The molecule has 0 spiro atoms. The maximum atomic E-state index is 13.8. The molecule has 2 amide bonds. The predicted molar refractivity (Wildman–Crippen MR) is 184 cm³/mol. The quantitative estimate of drug-likeness (QED) is 0.0584. The monoisotopic (exact) mass is 716 g/mol. The van der Waals surface area contributed by atoms with Crippen molar-refractivity contribution in [1.29, 1.82) is 5.41 Å². The second-order valence-electron chi connectivity index (χ2n) is 12.0. The minimum atomic E-state index is -5.04. The smallest absolute Gasteiger partial charge is 0.384 e. The highest BCUT2D eigenvalue weighted by molar-refractivity contribution is 7.88. The van der Waals surface area contributed by atoms with Crippen LogP contribution in [0.25, 0.3) is 0 Å². The third-order valence-electron chi connectivity index (χ3n) is 7.84. The zero-order valence-corrected chi connectivity index (χ0v) is 28.3. The number of carbonyl (C=O) groups excluding carboxylic acids is 3. The fraction of sp³-hybridized carbons (Fsp3) is 0.371. The van der Waals surface area contributed by atoms with E-state index in [2.05, 4.69) is 10.0 Å². The molecule has 270 valence electrons. The van der Waals surface area contributed by atoms with Crippen molar-refractivity contribution < 1.29 is 36.0 Å². The van der Waals surface area contributed by atoms with Gasteiger partial charge in [-0.05, 0) is 48.1 Å². The number of amidine groups is 1. The Morgan fingerprint density at radius 1 is 0.800 bits per heavy atom. The summed E-state index contributed by atoms with van der Waals surface area (Å²) in [6, 6.07) is 20.3. The molecule has 3 aromatic rings. The molecular weight excluding hydrogens is 673 g/mol. The molecule has 0 aliphatic carbocycles. The van der Waals surface area contributed by atoms with Gasteiger partial charge >= 0.3 is 12.1 Å². The summed E-state index contributed by atoms with van der Waals surface area (Å²) in [6.45, 7) is 0.112. The number of nitrogen functional groups attached to an aromatic ring is 1. The first-order valence-corrected chi connectivity index (χ1v) is 17.7. The van der Waals surface area contributed by atoms with E-state index >= 15 is 0 Å². The molecule has 8 N–H and O–H groups in total. The Morgan fingerprint density at radius 2 is 1.44 bits per heavy atom. The number of halogens is 3. The molecule has 0 radical (unpaired) electrons. The molecule has 2 atom stereocenters. The molecule has 3 rings (SSSR count). The van der Waals surface area contributed by atoms with Gasteiger partial charge in [0.1, 0.15) is 5.84 Å². The summed E-state index contributed by atoms with van der Waals surface area (Å²) in [5.74, 6) is -4.52. The molecule has 15 heteroatoms. The maximum Gasteiger partial charge on any atom is 0.471 e. The van der Waals surface area contributed by atoms with Crippen LogP contribution in [-0.4, -0.2) is 50.6 Å². The lowest BCUT2D eigenvalue weighted by Gasteiger charge is -2.22. The van der Waals surface area contributed by atoms with Crippen molar-refractivity contribution in [3.63, 3.8) is 0 Å². The average Bonchev–Trinajstić information content (AvgIpc) is 3.07. The Kier molecular flexibility index (Phi) is 15.1. The van der Waals surface area contributed by atoms with Crippen LogP contribution in [0.5, 0.6) is 0 Å². The highest BCUT2D eigenvalue weighted by Crippen LogP contribution is 2.20. The van der Waals surface area contributed by atoms with Crippen molar-refractivity contribution in [2.75, 3.05) is 6.54 Å². The molecule has 0 aromatic heterocycles. The van der Waals surface area contributed by atoms with E-state index in [1.165, 1.54) is 12.1 Å². The standard InChI is InChI=1S/C35H43F3N6O5S/c36-35(37,38)34(47)43-22-27-11-7-10-26(18-27)19-29(33(46)42-21-24-13-15-28(16-14-24)32(40)41)20-31(45)30(12-5-2-6-17-39)44-50(48,49)23-25-8-3-1-4-9-25/h1,3-4,7-11,13-16,18,29-30,44H,2,5-6,12,17,19-23,39H2,(H3,40,41)(H,42,46)(H,43,47)/t29-,30-/m1/s1. The van der Waals surface area contributed by atoms with Gasteiger partial charge in [-0.3, -0.25) is 19.8 Å². The molecule has 0 saturated carbocycles. The van der Waals surface area contributed by atoms with Crippen LogP contribution in [0.4, 0.5) is 13.2 Å². The molecular formula is C35H43F3N6O5S. The molecule has 11 nitrogen and oxygen atoms in total. The van der Waals surface area contributed by atoms with E-state index < -0.39 is 52.3 Å². The zero-order valence-electron chi connectivity index (χ0n) is 27.5. The second kappa shape index (κ2) is 19.0. The van der Waals surface area contributed by atoms with Crippen LogP contribution in [0.1, 0.15) is 59.9 Å². The van der Waals surface area contributed by atoms with Gasteiger partial charge in [0.25, 0.3) is 0 Å². The fourth-order valence-electron chi connectivity index (χ4n) is 5.22. The average molecular weight is 717 g/mol. The minimum absolute atomic E-state index is 0.00142. The number of amides is 2. The molecule has 50 heavy (non-hydrogen) atoms. The molecule has 3 aromatic carbocycles. The van der Waals surface area contributed by atoms with E-state index in [9.17, 15) is 36.0 Å². The largest absolute Gasteiger partial charge is 0.471 e. The van der Waals surface area contributed by atoms with E-state index in [-0.39, 0.29) is 37.4 Å².